The van der Waals surface area contributed by atoms with E-state index in [-0.39, 0.29) is 12.6 Å². The molecule has 0 aromatic carbocycles. The van der Waals surface area contributed by atoms with Crippen LogP contribution in [-0.4, -0.2) is 34.9 Å². The number of nitrogens with zero attached hydrogens (tertiary/aromatic N) is 4. The fourth-order valence-corrected chi connectivity index (χ4v) is 1.05. The second-order valence-electron chi connectivity index (χ2n) is 2.13. The molecule has 0 bridgehead atoms. The Morgan fingerprint density at radius 3 is 2.86 bits per heavy atom. The van der Waals surface area contributed by atoms with Gasteiger partial charge < -0.3 is 10.1 Å². The highest BCUT2D eigenvalue weighted by atomic mass is 32.2. The Morgan fingerprint density at radius 1 is 1.50 bits per heavy atom. The first-order valence-electron chi connectivity index (χ1n) is 3.77. The summed E-state index contributed by atoms with van der Waals surface area (Å²) in [5, 5.41) is 11.6. The lowest BCUT2D eigenvalue weighted by molar-refractivity contribution is 0.333. The van der Waals surface area contributed by atoms with Crippen LogP contribution in [0.2, 0.25) is 0 Å². The monoisotopic (exact) mass is 211 g/mol. The molecule has 14 heavy (non-hydrogen) atoms. The van der Waals surface area contributed by atoms with Gasteiger partial charge in [0.05, 0.1) is 0 Å². The van der Waals surface area contributed by atoms with Crippen LogP contribution in [0, 0.1) is 11.3 Å². The summed E-state index contributed by atoms with van der Waals surface area (Å²) in [4.78, 5) is 11.9. The molecule has 0 spiro atoms. The van der Waals surface area contributed by atoms with E-state index in [1.165, 1.54) is 11.8 Å². The molecule has 0 unspecified atom stereocenters. The lowest BCUT2D eigenvalue weighted by Gasteiger charge is -2.03. The predicted octanol–water partition coefficient (Wildman–Crippen LogP) is 0.538. The summed E-state index contributed by atoms with van der Waals surface area (Å²) in [6, 6.07) is 2.00. The largest absolute Gasteiger partial charge is 0.448 e. The number of anilines is 1. The smallest absolute Gasteiger partial charge is 0.323 e. The van der Waals surface area contributed by atoms with Crippen LogP contribution in [0.25, 0.3) is 0 Å². The van der Waals surface area contributed by atoms with Gasteiger partial charge in [0, 0.05) is 7.05 Å². The van der Waals surface area contributed by atoms with E-state index in [0.29, 0.717) is 11.1 Å². The van der Waals surface area contributed by atoms with Crippen molar-refractivity contribution in [2.75, 3.05) is 25.2 Å². The van der Waals surface area contributed by atoms with Crippen LogP contribution in [0.4, 0.5) is 5.95 Å². The van der Waals surface area contributed by atoms with Gasteiger partial charge in [0.25, 0.3) is 0 Å². The highest BCUT2D eigenvalue weighted by Crippen LogP contribution is 2.14. The van der Waals surface area contributed by atoms with Crippen LogP contribution in [0.1, 0.15) is 0 Å². The average Bonchev–Trinajstić information content (AvgIpc) is 2.25. The van der Waals surface area contributed by atoms with Crippen LogP contribution in [-0.2, 0) is 0 Å². The molecule has 0 fully saturated rings. The molecular formula is C7H9N5OS. The zero-order chi connectivity index (χ0) is 10.4. The molecule has 0 aliphatic rings. The molecule has 1 rings (SSSR count). The number of hydrogen-bond acceptors (Lipinski definition) is 7. The maximum atomic E-state index is 8.31. The number of nitriles is 1. The molecular weight excluding hydrogens is 202 g/mol. The number of ether oxygens (including phenoxy) is 1. The van der Waals surface area contributed by atoms with Gasteiger partial charge in [-0.15, -0.1) is 0 Å². The molecule has 1 aromatic heterocycles. The lowest BCUT2D eigenvalue weighted by atomic mass is 10.8. The summed E-state index contributed by atoms with van der Waals surface area (Å²) >= 11 is 1.38. The van der Waals surface area contributed by atoms with Gasteiger partial charge in [-0.05, 0) is 6.26 Å². The van der Waals surface area contributed by atoms with E-state index in [9.17, 15) is 0 Å². The number of nitrogens with one attached hydrogen (secondary N) is 1. The molecule has 0 radical (unpaired) electrons. The van der Waals surface area contributed by atoms with E-state index >= 15 is 0 Å². The number of aromatic nitrogens is 3. The second-order valence-corrected chi connectivity index (χ2v) is 2.90. The first-order valence-corrected chi connectivity index (χ1v) is 5.00. The Morgan fingerprint density at radius 2 is 2.29 bits per heavy atom. The first kappa shape index (κ1) is 10.5. The van der Waals surface area contributed by atoms with Crippen molar-refractivity contribution in [2.45, 2.75) is 5.16 Å². The van der Waals surface area contributed by atoms with Gasteiger partial charge in [0.1, 0.15) is 6.07 Å². The van der Waals surface area contributed by atoms with E-state index in [1.807, 2.05) is 12.3 Å². The minimum atomic E-state index is -0.0685. The summed E-state index contributed by atoms with van der Waals surface area (Å²) in [6.07, 6.45) is 1.85. The zero-order valence-corrected chi connectivity index (χ0v) is 8.63. The van der Waals surface area contributed by atoms with E-state index in [0.717, 1.165) is 0 Å². The van der Waals surface area contributed by atoms with Gasteiger partial charge in [-0.2, -0.15) is 20.2 Å². The summed E-state index contributed by atoms with van der Waals surface area (Å²) in [5.41, 5.74) is 0. The van der Waals surface area contributed by atoms with E-state index in [2.05, 4.69) is 20.3 Å². The van der Waals surface area contributed by atoms with Gasteiger partial charge in [0.2, 0.25) is 5.95 Å². The van der Waals surface area contributed by atoms with Crippen molar-refractivity contribution in [3.8, 4) is 12.1 Å². The number of thioether (sulfide) groups is 1. The molecule has 0 amide bonds. The Hall–Kier alpha value is -1.55. The number of hydrogen-bond donors (Lipinski definition) is 1. The first-order chi connectivity index (χ1) is 6.80. The Bertz CT molecular complexity index is 328. The van der Waals surface area contributed by atoms with Crippen LogP contribution in [0.15, 0.2) is 5.16 Å². The second kappa shape index (κ2) is 5.24. The SMILES string of the molecule is CNc1nc(OCC#N)nc(SC)n1. The van der Waals surface area contributed by atoms with Gasteiger partial charge in [-0.1, -0.05) is 11.8 Å². The fraction of sp³-hybridized carbons (Fsp3) is 0.429. The highest BCUT2D eigenvalue weighted by Gasteiger charge is 2.04. The average molecular weight is 211 g/mol. The molecule has 0 aliphatic carbocycles. The minimum absolute atomic E-state index is 0.0685. The minimum Gasteiger partial charge on any atom is -0.448 e. The summed E-state index contributed by atoms with van der Waals surface area (Å²) in [6.45, 7) is -0.0685. The van der Waals surface area contributed by atoms with Crippen molar-refractivity contribution >= 4 is 17.7 Å². The predicted molar refractivity (Wildman–Crippen MR) is 52.3 cm³/mol. The molecule has 1 heterocycles. The Kier molecular flexibility index (Phi) is 3.94. The third-order valence-electron chi connectivity index (χ3n) is 1.27. The molecule has 1 aromatic rings. The highest BCUT2D eigenvalue weighted by molar-refractivity contribution is 7.98. The topological polar surface area (TPSA) is 83.7 Å². The third kappa shape index (κ3) is 2.74. The van der Waals surface area contributed by atoms with Crippen LogP contribution < -0.4 is 10.1 Å². The fourth-order valence-electron chi connectivity index (χ4n) is 0.702. The standard InChI is InChI=1S/C7H9N5OS/c1-9-5-10-6(13-4-3-8)12-7(11-5)14-2/h4H2,1-2H3,(H,9,10,11,12). The summed E-state index contributed by atoms with van der Waals surface area (Å²) in [7, 11) is 1.70. The van der Waals surface area contributed by atoms with Gasteiger partial charge in [0.15, 0.2) is 11.8 Å². The Labute approximate surface area is 85.7 Å². The van der Waals surface area contributed by atoms with E-state index in [4.69, 9.17) is 10.00 Å². The third-order valence-corrected chi connectivity index (χ3v) is 1.81. The van der Waals surface area contributed by atoms with Crippen LogP contribution >= 0.6 is 11.8 Å². The summed E-state index contributed by atoms with van der Waals surface area (Å²) < 4.78 is 4.96. The molecule has 7 heteroatoms. The Balaban J connectivity index is 2.87. The van der Waals surface area contributed by atoms with Crippen molar-refractivity contribution in [1.82, 2.24) is 15.0 Å². The maximum absolute atomic E-state index is 8.31. The van der Waals surface area contributed by atoms with E-state index < -0.39 is 0 Å². The molecule has 74 valence electrons. The normalized spacial score (nSPS) is 9.21. The van der Waals surface area contributed by atoms with Crippen LogP contribution in [0.3, 0.4) is 0 Å². The molecule has 0 saturated heterocycles. The van der Waals surface area contributed by atoms with Gasteiger partial charge >= 0.3 is 6.01 Å². The van der Waals surface area contributed by atoms with Gasteiger partial charge in [-0.3, -0.25) is 0 Å². The zero-order valence-electron chi connectivity index (χ0n) is 7.81. The molecule has 0 aliphatic heterocycles. The lowest BCUT2D eigenvalue weighted by Crippen LogP contribution is -2.04. The molecule has 6 nitrogen and oxygen atoms in total. The molecule has 0 atom stereocenters. The summed E-state index contributed by atoms with van der Waals surface area (Å²) in [5.74, 6) is 0.428. The van der Waals surface area contributed by atoms with Crippen LogP contribution in [0.5, 0.6) is 6.01 Å². The number of rotatable bonds is 4. The quantitative estimate of drug-likeness (QED) is 0.727. The maximum Gasteiger partial charge on any atom is 0.323 e. The molecule has 1 N–H and O–H groups in total. The van der Waals surface area contributed by atoms with Gasteiger partial charge in [-0.25, -0.2) is 0 Å². The van der Waals surface area contributed by atoms with Crippen molar-refractivity contribution in [3.63, 3.8) is 0 Å². The van der Waals surface area contributed by atoms with Crippen molar-refractivity contribution in [1.29, 1.82) is 5.26 Å². The molecule has 0 saturated carbocycles. The van der Waals surface area contributed by atoms with Crippen molar-refractivity contribution in [2.24, 2.45) is 0 Å². The van der Waals surface area contributed by atoms with E-state index in [1.54, 1.807) is 7.05 Å². The van der Waals surface area contributed by atoms with Crippen molar-refractivity contribution in [3.05, 3.63) is 0 Å². The van der Waals surface area contributed by atoms with Crippen molar-refractivity contribution < 1.29 is 4.74 Å².